The second-order valence-corrected chi connectivity index (χ2v) is 11.8. The van der Waals surface area contributed by atoms with Crippen molar-refractivity contribution in [3.63, 3.8) is 0 Å². The largest absolute Gasteiger partial charge is 0.489 e. The second kappa shape index (κ2) is 10.7. The smallest absolute Gasteiger partial charge is 0.251 e. The summed E-state index contributed by atoms with van der Waals surface area (Å²) < 4.78 is 12.4. The number of carbonyl (C=O) groups excluding carboxylic acids is 1. The fourth-order valence-electron chi connectivity index (χ4n) is 5.55. The first-order valence-electron chi connectivity index (χ1n) is 12.5. The van der Waals surface area contributed by atoms with E-state index in [1.165, 1.54) is 0 Å². The van der Waals surface area contributed by atoms with E-state index in [1.54, 1.807) is 30.3 Å². The third kappa shape index (κ3) is 5.96. The number of ether oxygens (including phenoxy) is 2. The van der Waals surface area contributed by atoms with Gasteiger partial charge < -0.3 is 20.5 Å². The van der Waals surface area contributed by atoms with E-state index in [9.17, 15) is 4.79 Å². The van der Waals surface area contributed by atoms with Crippen LogP contribution in [0.15, 0.2) is 42.5 Å². The second-order valence-electron chi connectivity index (χ2n) is 11.4. The molecule has 0 aromatic heterocycles. The number of halogens is 1. The first kappa shape index (κ1) is 27.8. The van der Waals surface area contributed by atoms with Gasteiger partial charge in [0.1, 0.15) is 29.3 Å². The fraction of sp³-hybridized carbons (Fsp3) is 0.517. The summed E-state index contributed by atoms with van der Waals surface area (Å²) in [5, 5.41) is 12.7. The highest BCUT2D eigenvalue weighted by Crippen LogP contribution is 2.55. The summed E-state index contributed by atoms with van der Waals surface area (Å²) in [6.07, 6.45) is 2.75. The quantitative estimate of drug-likeness (QED) is 0.375. The Morgan fingerprint density at radius 1 is 1.08 bits per heavy atom. The molecule has 36 heavy (non-hydrogen) atoms. The number of nitrogens with one attached hydrogen (secondary N) is 1. The number of carbonyl (C=O) groups is 1. The number of nitrogens with zero attached hydrogens (tertiary/aromatic N) is 1. The van der Waals surface area contributed by atoms with Crippen molar-refractivity contribution in [2.75, 3.05) is 6.54 Å². The predicted octanol–water partition coefficient (Wildman–Crippen LogP) is 6.11. The Morgan fingerprint density at radius 3 is 2.25 bits per heavy atom. The minimum absolute atomic E-state index is 0.103. The van der Waals surface area contributed by atoms with E-state index in [1.807, 2.05) is 12.1 Å². The molecule has 2 aromatic rings. The number of unbranched alkanes of at least 4 members (excludes halogenated alkanes) is 1. The average Bonchev–Trinajstić information content (AvgIpc) is 2.81. The molecule has 6 nitrogen and oxygen atoms in total. The van der Waals surface area contributed by atoms with Crippen molar-refractivity contribution in [3.05, 3.63) is 58.6 Å². The highest BCUT2D eigenvalue weighted by molar-refractivity contribution is 6.31. The number of hydrogen-bond donors (Lipinski definition) is 2. The molecule has 2 aromatic carbocycles. The molecule has 1 aliphatic rings. The zero-order chi connectivity index (χ0) is 26.7. The summed E-state index contributed by atoms with van der Waals surface area (Å²) >= 11 is 6.18. The molecule has 0 aliphatic heterocycles. The molecule has 0 spiro atoms. The van der Waals surface area contributed by atoms with Gasteiger partial charge in [0.2, 0.25) is 0 Å². The molecule has 194 valence electrons. The molecule has 0 bridgehead atoms. The third-order valence-corrected chi connectivity index (χ3v) is 7.49. The van der Waals surface area contributed by atoms with Crippen molar-refractivity contribution < 1.29 is 14.3 Å². The minimum Gasteiger partial charge on any atom is -0.489 e. The fourth-order valence-corrected chi connectivity index (χ4v) is 5.76. The van der Waals surface area contributed by atoms with Crippen molar-refractivity contribution in [3.8, 4) is 17.6 Å². The van der Waals surface area contributed by atoms with E-state index >= 15 is 0 Å². The van der Waals surface area contributed by atoms with Gasteiger partial charge in [0, 0.05) is 28.5 Å². The maximum absolute atomic E-state index is 13.1. The van der Waals surface area contributed by atoms with Crippen LogP contribution in [0.2, 0.25) is 5.02 Å². The molecule has 3 N–H and O–H groups in total. The summed E-state index contributed by atoms with van der Waals surface area (Å²) in [6, 6.07) is 14.3. The molecular weight excluding hydrogens is 474 g/mol. The molecule has 0 unspecified atom stereocenters. The number of rotatable bonds is 10. The van der Waals surface area contributed by atoms with Crippen LogP contribution < -0.4 is 20.5 Å². The van der Waals surface area contributed by atoms with Gasteiger partial charge in [-0.2, -0.15) is 5.26 Å². The molecule has 0 radical (unpaired) electrons. The zero-order valence-corrected chi connectivity index (χ0v) is 22.9. The van der Waals surface area contributed by atoms with Crippen LogP contribution in [0.25, 0.3) is 0 Å². The van der Waals surface area contributed by atoms with Crippen molar-refractivity contribution in [2.45, 2.75) is 78.6 Å². The molecule has 0 heterocycles. The van der Waals surface area contributed by atoms with Crippen molar-refractivity contribution in [1.29, 1.82) is 5.26 Å². The van der Waals surface area contributed by atoms with E-state index in [2.05, 4.69) is 52.9 Å². The molecule has 7 heteroatoms. The lowest BCUT2D eigenvalue weighted by atomic mass is 9.49. The zero-order valence-electron chi connectivity index (χ0n) is 22.2. The van der Waals surface area contributed by atoms with E-state index in [4.69, 9.17) is 32.1 Å². The highest BCUT2D eigenvalue weighted by atomic mass is 35.5. The molecule has 1 amide bonds. The third-order valence-electron chi connectivity index (χ3n) is 7.17. The summed E-state index contributed by atoms with van der Waals surface area (Å²) in [7, 11) is 0. The Kier molecular flexibility index (Phi) is 8.27. The Bertz CT molecular complexity index is 1100. The topological polar surface area (TPSA) is 97.4 Å². The van der Waals surface area contributed by atoms with Gasteiger partial charge in [0.05, 0.1) is 10.6 Å². The van der Waals surface area contributed by atoms with Crippen LogP contribution >= 0.6 is 11.6 Å². The van der Waals surface area contributed by atoms with Crippen LogP contribution in [-0.4, -0.2) is 30.2 Å². The van der Waals surface area contributed by atoms with Gasteiger partial charge in [-0.25, -0.2) is 0 Å². The van der Waals surface area contributed by atoms with Crippen LogP contribution in [0.4, 0.5) is 0 Å². The minimum atomic E-state index is -0.323. The first-order valence-corrected chi connectivity index (χ1v) is 12.9. The number of nitrogens with two attached hydrogens (primary N) is 1. The van der Waals surface area contributed by atoms with E-state index < -0.39 is 0 Å². The molecular formula is C29H38ClN3O3. The highest BCUT2D eigenvalue weighted by Gasteiger charge is 2.64. The van der Waals surface area contributed by atoms with E-state index in [0.717, 1.165) is 25.0 Å². The van der Waals surface area contributed by atoms with E-state index in [-0.39, 0.29) is 34.5 Å². The Morgan fingerprint density at radius 2 is 1.69 bits per heavy atom. The lowest BCUT2D eigenvalue weighted by Crippen LogP contribution is -2.74. The van der Waals surface area contributed by atoms with Gasteiger partial charge in [0.15, 0.2) is 0 Å². The first-order chi connectivity index (χ1) is 16.8. The number of nitriles is 1. The Labute approximate surface area is 220 Å². The summed E-state index contributed by atoms with van der Waals surface area (Å²) in [5.41, 5.74) is 5.64. The lowest BCUT2D eigenvalue weighted by Gasteiger charge is -2.63. The van der Waals surface area contributed by atoms with Crippen LogP contribution in [0.3, 0.4) is 0 Å². The van der Waals surface area contributed by atoms with Crippen molar-refractivity contribution in [1.82, 2.24) is 5.32 Å². The molecule has 0 saturated heterocycles. The maximum Gasteiger partial charge on any atom is 0.251 e. The SMILES string of the molecule is CC(C)(CCCCN)Oc1ccc(C(=O)NC2C(C)(C)C(Oc3ccc(C#N)c(Cl)c3)C2(C)C)cc1. The Hall–Kier alpha value is -2.75. The van der Waals surface area contributed by atoms with Gasteiger partial charge in [0.25, 0.3) is 5.91 Å². The molecule has 1 fully saturated rings. The molecule has 3 rings (SSSR count). The van der Waals surface area contributed by atoms with Crippen molar-refractivity contribution >= 4 is 17.5 Å². The summed E-state index contributed by atoms with van der Waals surface area (Å²) in [4.78, 5) is 13.1. The maximum atomic E-state index is 13.1. The van der Waals surface area contributed by atoms with E-state index in [0.29, 0.717) is 28.4 Å². The normalized spacial score (nSPS) is 20.1. The Balaban J connectivity index is 1.64. The van der Waals surface area contributed by atoms with Crippen LogP contribution in [0.1, 0.15) is 76.7 Å². The van der Waals surface area contributed by atoms with Gasteiger partial charge in [-0.05, 0) is 76.1 Å². The molecule has 0 atom stereocenters. The molecule has 1 saturated carbocycles. The summed E-state index contributed by atoms with van der Waals surface area (Å²) in [6.45, 7) is 13.2. The van der Waals surface area contributed by atoms with Crippen LogP contribution in [0, 0.1) is 22.2 Å². The number of amides is 1. The molecule has 1 aliphatic carbocycles. The van der Waals surface area contributed by atoms with Crippen LogP contribution in [0.5, 0.6) is 11.5 Å². The number of benzene rings is 2. The number of hydrogen-bond acceptors (Lipinski definition) is 5. The average molecular weight is 512 g/mol. The van der Waals surface area contributed by atoms with Gasteiger partial charge in [-0.1, -0.05) is 39.3 Å². The standard InChI is InChI=1S/C29H38ClN3O3/c1-27(2,15-7-8-16-31)36-21-12-9-19(10-13-21)24(34)33-25-28(3,4)26(29(25,5)6)35-22-14-11-20(18-32)23(30)17-22/h9-14,17,25-26H,7-8,15-16,31H2,1-6H3,(H,33,34). The van der Waals surface area contributed by atoms with Crippen molar-refractivity contribution in [2.24, 2.45) is 16.6 Å². The lowest BCUT2D eigenvalue weighted by molar-refractivity contribution is -0.164. The van der Waals surface area contributed by atoms with Crippen LogP contribution in [-0.2, 0) is 0 Å². The van der Waals surface area contributed by atoms with Gasteiger partial charge in [-0.3, -0.25) is 4.79 Å². The van der Waals surface area contributed by atoms with Gasteiger partial charge in [-0.15, -0.1) is 0 Å². The van der Waals surface area contributed by atoms with Gasteiger partial charge >= 0.3 is 0 Å². The monoisotopic (exact) mass is 511 g/mol. The summed E-state index contributed by atoms with van der Waals surface area (Å²) in [5.74, 6) is 1.22. The predicted molar refractivity (Wildman–Crippen MR) is 143 cm³/mol.